The molecule has 0 amide bonds. The summed E-state index contributed by atoms with van der Waals surface area (Å²) in [5.41, 5.74) is 0.681. The molecule has 0 saturated heterocycles. The number of unbranched alkanes of at least 4 members (excludes halogenated alkanes) is 1. The van der Waals surface area contributed by atoms with Gasteiger partial charge in [0.15, 0.2) is 0 Å². The van der Waals surface area contributed by atoms with Crippen molar-refractivity contribution in [2.75, 3.05) is 13.2 Å². The van der Waals surface area contributed by atoms with Crippen molar-refractivity contribution in [2.24, 2.45) is 0 Å². The lowest BCUT2D eigenvalue weighted by Crippen LogP contribution is -2.16. The zero-order valence-corrected chi connectivity index (χ0v) is 10.9. The lowest BCUT2D eigenvalue weighted by Gasteiger charge is -2.07. The van der Waals surface area contributed by atoms with Crippen LogP contribution in [0.5, 0.6) is 0 Å². The van der Waals surface area contributed by atoms with Crippen LogP contribution < -0.4 is 5.32 Å². The van der Waals surface area contributed by atoms with E-state index in [1.807, 2.05) is 13.8 Å². The Balaban J connectivity index is 2.11. The number of rotatable bonds is 9. The van der Waals surface area contributed by atoms with E-state index in [4.69, 9.17) is 14.3 Å². The molecule has 0 aliphatic carbocycles. The van der Waals surface area contributed by atoms with E-state index in [-0.39, 0.29) is 11.9 Å². The first-order valence-corrected chi connectivity index (χ1v) is 6.23. The van der Waals surface area contributed by atoms with Crippen LogP contribution in [0.4, 0.5) is 0 Å². The molecule has 1 heterocycles. The van der Waals surface area contributed by atoms with Crippen molar-refractivity contribution >= 4 is 5.97 Å². The molecule has 0 aliphatic rings. The predicted molar refractivity (Wildman–Crippen MR) is 67.7 cm³/mol. The fourth-order valence-electron chi connectivity index (χ4n) is 1.56. The first-order valence-electron chi connectivity index (χ1n) is 6.23. The van der Waals surface area contributed by atoms with Gasteiger partial charge in [0.2, 0.25) is 5.76 Å². The normalized spacial score (nSPS) is 11.1. The van der Waals surface area contributed by atoms with Crippen molar-refractivity contribution in [2.45, 2.75) is 39.3 Å². The Morgan fingerprint density at radius 2 is 2.28 bits per heavy atom. The zero-order chi connectivity index (χ0) is 13.4. The molecule has 1 aromatic heterocycles. The Morgan fingerprint density at radius 1 is 1.50 bits per heavy atom. The fraction of sp³-hybridized carbons (Fsp3) is 0.615. The molecule has 5 heteroatoms. The summed E-state index contributed by atoms with van der Waals surface area (Å²) in [5, 5.41) is 12.0. The average Bonchev–Trinajstić information content (AvgIpc) is 2.75. The minimum atomic E-state index is -1.03. The van der Waals surface area contributed by atoms with Gasteiger partial charge in [-0.05, 0) is 39.3 Å². The van der Waals surface area contributed by atoms with E-state index < -0.39 is 5.97 Å². The Labute approximate surface area is 107 Å². The first-order chi connectivity index (χ1) is 8.61. The van der Waals surface area contributed by atoms with Crippen LogP contribution in [0.3, 0.4) is 0 Å². The molecule has 1 rings (SSSR count). The number of carboxylic acids is 1. The van der Waals surface area contributed by atoms with Crippen LogP contribution in [0.15, 0.2) is 16.7 Å². The van der Waals surface area contributed by atoms with Gasteiger partial charge in [0.05, 0.1) is 12.4 Å². The topological polar surface area (TPSA) is 71.7 Å². The fourth-order valence-corrected chi connectivity index (χ4v) is 1.56. The third-order valence-electron chi connectivity index (χ3n) is 2.46. The van der Waals surface area contributed by atoms with Crippen molar-refractivity contribution < 1.29 is 19.1 Å². The van der Waals surface area contributed by atoms with Crippen molar-refractivity contribution in [3.8, 4) is 0 Å². The minimum Gasteiger partial charge on any atom is -0.475 e. The third kappa shape index (κ3) is 5.33. The molecule has 1 aromatic rings. The summed E-state index contributed by atoms with van der Waals surface area (Å²) < 4.78 is 10.3. The summed E-state index contributed by atoms with van der Waals surface area (Å²) >= 11 is 0. The van der Waals surface area contributed by atoms with Crippen LogP contribution >= 0.6 is 0 Å². The summed E-state index contributed by atoms with van der Waals surface area (Å²) in [5.74, 6) is -1.01. The molecule has 0 saturated carbocycles. The number of nitrogens with one attached hydrogen (secondary N) is 1. The summed E-state index contributed by atoms with van der Waals surface area (Å²) in [4.78, 5) is 10.8. The molecule has 0 spiro atoms. The molecule has 0 aromatic carbocycles. The van der Waals surface area contributed by atoms with E-state index in [0.717, 1.165) is 26.0 Å². The Bertz CT molecular complexity index is 360. The second-order valence-electron chi connectivity index (χ2n) is 4.38. The summed E-state index contributed by atoms with van der Waals surface area (Å²) in [7, 11) is 0. The van der Waals surface area contributed by atoms with Gasteiger partial charge in [-0.3, -0.25) is 0 Å². The number of carbonyl (C=O) groups is 1. The second-order valence-corrected chi connectivity index (χ2v) is 4.38. The summed E-state index contributed by atoms with van der Waals surface area (Å²) in [6.45, 7) is 6.16. The van der Waals surface area contributed by atoms with Crippen LogP contribution in [0.2, 0.25) is 0 Å². The molecule has 0 atom stereocenters. The highest BCUT2D eigenvalue weighted by Crippen LogP contribution is 2.09. The maximum atomic E-state index is 10.8. The van der Waals surface area contributed by atoms with Gasteiger partial charge >= 0.3 is 5.97 Å². The highest BCUT2D eigenvalue weighted by Gasteiger charge is 2.12. The van der Waals surface area contributed by atoms with Crippen molar-refractivity contribution in [3.05, 3.63) is 23.7 Å². The molecule has 0 bridgehead atoms. The van der Waals surface area contributed by atoms with Gasteiger partial charge in [-0.2, -0.15) is 0 Å². The van der Waals surface area contributed by atoms with Gasteiger partial charge in [-0.15, -0.1) is 0 Å². The first kappa shape index (κ1) is 14.7. The Kier molecular flexibility index (Phi) is 6.46. The number of furan rings is 1. The van der Waals surface area contributed by atoms with Gasteiger partial charge in [-0.25, -0.2) is 4.79 Å². The van der Waals surface area contributed by atoms with Crippen LogP contribution in [0, 0.1) is 0 Å². The minimum absolute atomic E-state index is 0.0191. The number of hydrogen-bond acceptors (Lipinski definition) is 4. The summed E-state index contributed by atoms with van der Waals surface area (Å²) in [6.07, 6.45) is 3.69. The van der Waals surface area contributed by atoms with Crippen molar-refractivity contribution in [1.82, 2.24) is 5.32 Å². The molecule has 0 fully saturated rings. The molecule has 0 radical (unpaired) electrons. The SMILES string of the molecule is CC(C)OCCCCNCc1ccoc1C(=O)O. The Hall–Kier alpha value is -1.33. The standard InChI is InChI=1S/C13H21NO4/c1-10(2)17-7-4-3-6-14-9-11-5-8-18-12(11)13(15)16/h5,8,10,14H,3-4,6-7,9H2,1-2H3,(H,15,16). The van der Waals surface area contributed by atoms with Crippen molar-refractivity contribution in [3.63, 3.8) is 0 Å². The second kappa shape index (κ2) is 7.89. The smallest absolute Gasteiger partial charge is 0.372 e. The average molecular weight is 255 g/mol. The van der Waals surface area contributed by atoms with E-state index in [2.05, 4.69) is 5.32 Å². The molecule has 18 heavy (non-hydrogen) atoms. The van der Waals surface area contributed by atoms with Crippen LogP contribution in [-0.4, -0.2) is 30.3 Å². The van der Waals surface area contributed by atoms with Crippen LogP contribution in [-0.2, 0) is 11.3 Å². The van der Waals surface area contributed by atoms with Crippen LogP contribution in [0.25, 0.3) is 0 Å². The van der Waals surface area contributed by atoms with Gasteiger partial charge in [0.1, 0.15) is 0 Å². The monoisotopic (exact) mass is 255 g/mol. The quantitative estimate of drug-likeness (QED) is 0.662. The van der Waals surface area contributed by atoms with Gasteiger partial charge in [0.25, 0.3) is 0 Å². The molecule has 0 unspecified atom stereocenters. The lowest BCUT2D eigenvalue weighted by atomic mass is 10.2. The van der Waals surface area contributed by atoms with Gasteiger partial charge < -0.3 is 19.6 Å². The molecule has 2 N–H and O–H groups in total. The maximum Gasteiger partial charge on any atom is 0.372 e. The third-order valence-corrected chi connectivity index (χ3v) is 2.46. The number of ether oxygens (including phenoxy) is 1. The zero-order valence-electron chi connectivity index (χ0n) is 10.9. The number of carboxylic acid groups (broad SMARTS) is 1. The molecule has 5 nitrogen and oxygen atoms in total. The molecular formula is C13H21NO4. The largest absolute Gasteiger partial charge is 0.475 e. The van der Waals surface area contributed by atoms with Crippen LogP contribution in [0.1, 0.15) is 42.8 Å². The van der Waals surface area contributed by atoms with E-state index in [1.165, 1.54) is 6.26 Å². The predicted octanol–water partition coefficient (Wildman–Crippen LogP) is 2.27. The van der Waals surface area contributed by atoms with Gasteiger partial charge in [-0.1, -0.05) is 0 Å². The molecular weight excluding hydrogens is 234 g/mol. The van der Waals surface area contributed by atoms with E-state index >= 15 is 0 Å². The molecule has 102 valence electrons. The van der Waals surface area contributed by atoms with E-state index in [9.17, 15) is 4.79 Å². The highest BCUT2D eigenvalue weighted by atomic mass is 16.5. The Morgan fingerprint density at radius 3 is 2.94 bits per heavy atom. The highest BCUT2D eigenvalue weighted by molar-refractivity contribution is 5.86. The number of aromatic carboxylic acids is 1. The van der Waals surface area contributed by atoms with Gasteiger partial charge in [0, 0.05) is 18.7 Å². The van der Waals surface area contributed by atoms with E-state index in [0.29, 0.717) is 12.1 Å². The summed E-state index contributed by atoms with van der Waals surface area (Å²) in [6, 6.07) is 1.68. The van der Waals surface area contributed by atoms with Crippen molar-refractivity contribution in [1.29, 1.82) is 0 Å². The number of hydrogen-bond donors (Lipinski definition) is 2. The molecule has 0 aliphatic heterocycles. The van der Waals surface area contributed by atoms with E-state index in [1.54, 1.807) is 6.07 Å². The maximum absolute atomic E-state index is 10.8. The lowest BCUT2D eigenvalue weighted by molar-refractivity contribution is 0.0660.